The van der Waals surface area contributed by atoms with E-state index in [9.17, 15) is 4.39 Å². The third-order valence-corrected chi connectivity index (χ3v) is 3.95. The van der Waals surface area contributed by atoms with Crippen LogP contribution in [0.4, 0.5) is 4.39 Å². The molecule has 0 saturated heterocycles. The van der Waals surface area contributed by atoms with Crippen molar-refractivity contribution in [1.29, 1.82) is 0 Å². The highest BCUT2D eigenvalue weighted by Gasteiger charge is 2.10. The van der Waals surface area contributed by atoms with Crippen LogP contribution in [0, 0.1) is 5.82 Å². The molecule has 4 heteroatoms. The molecule has 0 aromatic heterocycles. The molecule has 0 saturated carbocycles. The van der Waals surface area contributed by atoms with Crippen LogP contribution in [0.1, 0.15) is 24.1 Å². The van der Waals surface area contributed by atoms with Crippen LogP contribution < -0.4 is 10.1 Å². The molecule has 1 N–H and O–H groups in total. The van der Waals surface area contributed by atoms with Gasteiger partial charge in [0.25, 0.3) is 0 Å². The summed E-state index contributed by atoms with van der Waals surface area (Å²) < 4.78 is 19.9. The molecule has 20 heavy (non-hydrogen) atoms. The van der Waals surface area contributed by atoms with E-state index < -0.39 is 0 Å². The van der Waals surface area contributed by atoms with Gasteiger partial charge in [-0.05, 0) is 24.6 Å². The summed E-state index contributed by atoms with van der Waals surface area (Å²) in [4.78, 5) is 0. The lowest BCUT2D eigenvalue weighted by Gasteiger charge is -2.16. The van der Waals surface area contributed by atoms with Gasteiger partial charge in [-0.25, -0.2) is 4.39 Å². The Morgan fingerprint density at radius 1 is 1.25 bits per heavy atom. The Kier molecular flexibility index (Phi) is 5.15. The van der Waals surface area contributed by atoms with Crippen molar-refractivity contribution >= 4 is 15.9 Å². The summed E-state index contributed by atoms with van der Waals surface area (Å²) in [6.45, 7) is 2.53. The van der Waals surface area contributed by atoms with E-state index in [1.54, 1.807) is 12.1 Å². The Morgan fingerprint density at radius 3 is 2.65 bits per heavy atom. The number of hydrogen-bond acceptors (Lipinski definition) is 2. The zero-order valence-corrected chi connectivity index (χ0v) is 13.1. The zero-order valence-electron chi connectivity index (χ0n) is 11.5. The molecule has 0 aliphatic heterocycles. The normalized spacial score (nSPS) is 12.2. The highest BCUT2D eigenvalue weighted by Crippen LogP contribution is 2.23. The van der Waals surface area contributed by atoms with Gasteiger partial charge in [-0.3, -0.25) is 0 Å². The molecule has 0 fully saturated rings. The van der Waals surface area contributed by atoms with E-state index in [4.69, 9.17) is 4.74 Å². The van der Waals surface area contributed by atoms with Gasteiger partial charge < -0.3 is 10.1 Å². The maximum Gasteiger partial charge on any atom is 0.131 e. The number of halogens is 2. The summed E-state index contributed by atoms with van der Waals surface area (Å²) in [6.07, 6.45) is 0. The molecule has 0 amide bonds. The van der Waals surface area contributed by atoms with E-state index in [1.165, 1.54) is 13.2 Å². The average Bonchev–Trinajstić information content (AvgIpc) is 2.46. The number of nitrogens with one attached hydrogen (secondary N) is 1. The van der Waals surface area contributed by atoms with Crippen molar-refractivity contribution < 1.29 is 9.13 Å². The monoisotopic (exact) mass is 337 g/mol. The minimum absolute atomic E-state index is 0.132. The molecular weight excluding hydrogens is 321 g/mol. The molecule has 106 valence electrons. The van der Waals surface area contributed by atoms with Gasteiger partial charge in [0.15, 0.2) is 0 Å². The van der Waals surface area contributed by atoms with Gasteiger partial charge in [-0.1, -0.05) is 40.2 Å². The van der Waals surface area contributed by atoms with E-state index in [0.29, 0.717) is 17.9 Å². The highest BCUT2D eigenvalue weighted by molar-refractivity contribution is 9.10. The fourth-order valence-corrected chi connectivity index (χ4v) is 2.63. The molecule has 2 aromatic carbocycles. The standard InChI is InChI=1S/C16H17BrFNO/c1-11(14-5-3-4-6-15(14)17)19-10-12-7-8-13(20-2)9-16(12)18/h3-9,11,19H,10H2,1-2H3/t11-/m0/s1. The topological polar surface area (TPSA) is 21.3 Å². The molecule has 0 aliphatic carbocycles. The second-order valence-corrected chi connectivity index (χ2v) is 5.44. The van der Waals surface area contributed by atoms with E-state index >= 15 is 0 Å². The van der Waals surface area contributed by atoms with Crippen LogP contribution in [0.3, 0.4) is 0 Å². The van der Waals surface area contributed by atoms with Gasteiger partial charge in [0.1, 0.15) is 11.6 Å². The van der Waals surface area contributed by atoms with Gasteiger partial charge in [-0.2, -0.15) is 0 Å². The lowest BCUT2D eigenvalue weighted by molar-refractivity contribution is 0.410. The van der Waals surface area contributed by atoms with Gasteiger partial charge >= 0.3 is 0 Å². The van der Waals surface area contributed by atoms with Crippen molar-refractivity contribution in [3.63, 3.8) is 0 Å². The maximum atomic E-state index is 13.8. The molecular formula is C16H17BrFNO. The Balaban J connectivity index is 2.04. The van der Waals surface area contributed by atoms with Crippen LogP contribution in [0.15, 0.2) is 46.9 Å². The van der Waals surface area contributed by atoms with Crippen molar-refractivity contribution in [3.05, 3.63) is 63.9 Å². The minimum Gasteiger partial charge on any atom is -0.497 e. The van der Waals surface area contributed by atoms with Crippen LogP contribution in [0.5, 0.6) is 5.75 Å². The quantitative estimate of drug-likeness (QED) is 0.870. The van der Waals surface area contributed by atoms with E-state index in [2.05, 4.69) is 28.2 Å². The zero-order chi connectivity index (χ0) is 14.5. The molecule has 0 heterocycles. The van der Waals surface area contributed by atoms with Crippen LogP contribution in [-0.4, -0.2) is 7.11 Å². The number of rotatable bonds is 5. The third-order valence-electron chi connectivity index (χ3n) is 3.23. The van der Waals surface area contributed by atoms with Crippen molar-refractivity contribution in [2.75, 3.05) is 7.11 Å². The smallest absolute Gasteiger partial charge is 0.131 e. The lowest BCUT2D eigenvalue weighted by atomic mass is 10.1. The number of hydrogen-bond donors (Lipinski definition) is 1. The summed E-state index contributed by atoms with van der Waals surface area (Å²) in [5, 5.41) is 3.32. The summed E-state index contributed by atoms with van der Waals surface area (Å²) in [5.74, 6) is 0.279. The highest BCUT2D eigenvalue weighted by atomic mass is 79.9. The first-order valence-corrected chi connectivity index (χ1v) is 7.21. The molecule has 2 aromatic rings. The summed E-state index contributed by atoms with van der Waals surface area (Å²) >= 11 is 3.53. The van der Waals surface area contributed by atoms with Crippen LogP contribution >= 0.6 is 15.9 Å². The molecule has 0 unspecified atom stereocenters. The molecule has 0 bridgehead atoms. The van der Waals surface area contributed by atoms with Gasteiger partial charge in [-0.15, -0.1) is 0 Å². The number of ether oxygens (including phenoxy) is 1. The predicted octanol–water partition coefficient (Wildman–Crippen LogP) is 4.45. The Labute approximate surface area is 127 Å². The largest absolute Gasteiger partial charge is 0.497 e. The Morgan fingerprint density at radius 2 is 2.00 bits per heavy atom. The fourth-order valence-electron chi connectivity index (χ4n) is 2.00. The molecule has 0 radical (unpaired) electrons. The van der Waals surface area contributed by atoms with Gasteiger partial charge in [0.05, 0.1) is 7.11 Å². The van der Waals surface area contributed by atoms with Crippen molar-refractivity contribution in [3.8, 4) is 5.75 Å². The van der Waals surface area contributed by atoms with E-state index in [1.807, 2.05) is 24.3 Å². The molecule has 2 nitrogen and oxygen atoms in total. The Hall–Kier alpha value is -1.39. The van der Waals surface area contributed by atoms with Crippen molar-refractivity contribution in [2.45, 2.75) is 19.5 Å². The molecule has 0 aliphatic rings. The SMILES string of the molecule is COc1ccc(CN[C@@H](C)c2ccccc2Br)c(F)c1. The first-order valence-electron chi connectivity index (χ1n) is 6.42. The summed E-state index contributed by atoms with van der Waals surface area (Å²) in [7, 11) is 1.53. The van der Waals surface area contributed by atoms with Gasteiger partial charge in [0.2, 0.25) is 0 Å². The molecule has 0 spiro atoms. The second-order valence-electron chi connectivity index (χ2n) is 4.58. The minimum atomic E-state index is -0.254. The molecule has 1 atom stereocenters. The Bertz CT molecular complexity index is 588. The first kappa shape index (κ1) is 15.0. The average molecular weight is 338 g/mol. The van der Waals surface area contributed by atoms with E-state index in [-0.39, 0.29) is 11.9 Å². The van der Waals surface area contributed by atoms with Crippen LogP contribution in [0.25, 0.3) is 0 Å². The van der Waals surface area contributed by atoms with Crippen molar-refractivity contribution in [1.82, 2.24) is 5.32 Å². The maximum absolute atomic E-state index is 13.8. The summed E-state index contributed by atoms with van der Waals surface area (Å²) in [6, 6.07) is 13.1. The first-order chi connectivity index (χ1) is 9.61. The lowest BCUT2D eigenvalue weighted by Crippen LogP contribution is -2.19. The fraction of sp³-hybridized carbons (Fsp3) is 0.250. The van der Waals surface area contributed by atoms with Gasteiger partial charge in [0, 0.05) is 28.7 Å². The second kappa shape index (κ2) is 6.86. The van der Waals surface area contributed by atoms with Crippen LogP contribution in [-0.2, 0) is 6.54 Å². The van der Waals surface area contributed by atoms with E-state index in [0.717, 1.165) is 10.0 Å². The predicted molar refractivity (Wildman–Crippen MR) is 82.3 cm³/mol. The van der Waals surface area contributed by atoms with Crippen molar-refractivity contribution in [2.24, 2.45) is 0 Å². The number of benzene rings is 2. The third kappa shape index (κ3) is 3.58. The van der Waals surface area contributed by atoms with Crippen LogP contribution in [0.2, 0.25) is 0 Å². The molecule has 2 rings (SSSR count). The number of methoxy groups -OCH3 is 1. The summed E-state index contributed by atoms with van der Waals surface area (Å²) in [5.41, 5.74) is 1.78.